The molecule has 1 heterocycles. The number of esters is 1. The first kappa shape index (κ1) is 27.7. The molecule has 2 unspecified atom stereocenters. The molecular weight excluding hydrogens is 468 g/mol. The van der Waals surface area contributed by atoms with E-state index in [-0.39, 0.29) is 56.2 Å². The minimum atomic E-state index is -4.16. The van der Waals surface area contributed by atoms with E-state index in [4.69, 9.17) is 9.11 Å². The van der Waals surface area contributed by atoms with Crippen molar-refractivity contribution in [2.45, 2.75) is 50.0 Å². The zero-order valence-electron chi connectivity index (χ0n) is 18.1. The number of aromatic nitrogens is 3. The van der Waals surface area contributed by atoms with Crippen LogP contribution in [0.4, 0.5) is 17.8 Å². The van der Waals surface area contributed by atoms with Gasteiger partial charge in [-0.15, -0.1) is 0 Å². The van der Waals surface area contributed by atoms with Gasteiger partial charge in [0.15, 0.2) is 0 Å². The maximum atomic E-state index is 11.2. The number of carbonyl (C=O) groups excluding carboxylic acids is 1. The van der Waals surface area contributed by atoms with Crippen LogP contribution in [0.2, 0.25) is 0 Å². The fraction of sp³-hybridized carbons (Fsp3) is 0.750. The fourth-order valence-corrected chi connectivity index (χ4v) is 3.05. The highest BCUT2D eigenvalue weighted by molar-refractivity contribution is 7.86. The standard InChI is InChI=1S/C16H30N6O8S2/c1-11(31(24,25)26)6-9-18-15-20-14(17-8-4-5-13(23)30-3)21-16(22-15)19-10-7-12(2)32(27,28)29/h11-12H,4-10H2,1-3H3,(H,24,25,26)(H,27,28,29)(H3,17,18,19,20,21,22). The lowest BCUT2D eigenvalue weighted by atomic mass is 10.3. The maximum absolute atomic E-state index is 11.2. The van der Waals surface area contributed by atoms with Crippen molar-refractivity contribution in [1.82, 2.24) is 15.0 Å². The van der Waals surface area contributed by atoms with Crippen molar-refractivity contribution in [1.29, 1.82) is 0 Å². The van der Waals surface area contributed by atoms with Crippen molar-refractivity contribution in [3.05, 3.63) is 0 Å². The van der Waals surface area contributed by atoms with E-state index in [9.17, 15) is 21.6 Å². The molecule has 0 aliphatic rings. The van der Waals surface area contributed by atoms with Crippen molar-refractivity contribution in [2.24, 2.45) is 0 Å². The van der Waals surface area contributed by atoms with E-state index in [0.717, 1.165) is 0 Å². The molecule has 0 amide bonds. The van der Waals surface area contributed by atoms with Crippen LogP contribution >= 0.6 is 0 Å². The van der Waals surface area contributed by atoms with Crippen LogP contribution in [0.1, 0.15) is 39.5 Å². The first-order chi connectivity index (χ1) is 14.8. The molecule has 0 radical (unpaired) electrons. The third-order valence-electron chi connectivity index (χ3n) is 4.39. The minimum absolute atomic E-state index is 0.0983. The predicted octanol–water partition coefficient (Wildman–Crippen LogP) is 0.393. The van der Waals surface area contributed by atoms with Gasteiger partial charge < -0.3 is 20.7 Å². The third kappa shape index (κ3) is 10.8. The van der Waals surface area contributed by atoms with E-state index in [1.807, 2.05) is 0 Å². The summed E-state index contributed by atoms with van der Waals surface area (Å²) in [7, 11) is -7.02. The largest absolute Gasteiger partial charge is 0.469 e. The van der Waals surface area contributed by atoms with Gasteiger partial charge in [-0.3, -0.25) is 13.9 Å². The first-order valence-corrected chi connectivity index (χ1v) is 12.8. The Morgan fingerprint density at radius 1 is 0.844 bits per heavy atom. The summed E-state index contributed by atoms with van der Waals surface area (Å²) < 4.78 is 67.1. The Morgan fingerprint density at radius 3 is 1.56 bits per heavy atom. The third-order valence-corrected chi connectivity index (χ3v) is 6.89. The van der Waals surface area contributed by atoms with Crippen LogP contribution in [-0.4, -0.2) is 84.1 Å². The number of carbonyl (C=O) groups is 1. The van der Waals surface area contributed by atoms with Crippen LogP contribution in [0.3, 0.4) is 0 Å². The van der Waals surface area contributed by atoms with E-state index in [0.29, 0.717) is 13.0 Å². The Bertz CT molecular complexity index is 895. The van der Waals surface area contributed by atoms with Gasteiger partial charge in [0.05, 0.1) is 17.6 Å². The monoisotopic (exact) mass is 498 g/mol. The zero-order chi connectivity index (χ0) is 24.4. The summed E-state index contributed by atoms with van der Waals surface area (Å²) in [5.74, 6) is 0.0419. The maximum Gasteiger partial charge on any atom is 0.305 e. The van der Waals surface area contributed by atoms with Crippen LogP contribution in [0, 0.1) is 0 Å². The highest BCUT2D eigenvalue weighted by atomic mass is 32.2. The summed E-state index contributed by atoms with van der Waals surface area (Å²) in [5, 5.41) is 6.66. The predicted molar refractivity (Wildman–Crippen MR) is 118 cm³/mol. The van der Waals surface area contributed by atoms with Gasteiger partial charge in [0.1, 0.15) is 0 Å². The smallest absolute Gasteiger partial charge is 0.305 e. The van der Waals surface area contributed by atoms with Crippen molar-refractivity contribution in [2.75, 3.05) is 42.7 Å². The number of methoxy groups -OCH3 is 1. The summed E-state index contributed by atoms with van der Waals surface area (Å²) in [5.41, 5.74) is 0. The van der Waals surface area contributed by atoms with Gasteiger partial charge in [0, 0.05) is 26.1 Å². The Hall–Kier alpha value is -2.30. The lowest BCUT2D eigenvalue weighted by molar-refractivity contribution is -0.140. The molecule has 14 nitrogen and oxygen atoms in total. The van der Waals surface area contributed by atoms with Gasteiger partial charge in [-0.25, -0.2) is 0 Å². The number of hydrogen-bond acceptors (Lipinski definition) is 12. The number of hydrogen-bond donors (Lipinski definition) is 5. The van der Waals surface area contributed by atoms with Gasteiger partial charge in [-0.1, -0.05) is 0 Å². The molecule has 0 spiro atoms. The normalized spacial score (nSPS) is 13.8. The highest BCUT2D eigenvalue weighted by Gasteiger charge is 2.18. The summed E-state index contributed by atoms with van der Waals surface area (Å²) in [4.78, 5) is 23.7. The van der Waals surface area contributed by atoms with Crippen LogP contribution in [0.25, 0.3) is 0 Å². The summed E-state index contributed by atoms with van der Waals surface area (Å²) in [6.07, 6.45) is 0.857. The number of nitrogens with one attached hydrogen (secondary N) is 3. The second-order valence-corrected chi connectivity index (χ2v) is 10.7. The van der Waals surface area contributed by atoms with Crippen molar-refractivity contribution in [3.8, 4) is 0 Å². The Balaban J connectivity index is 2.79. The lowest BCUT2D eigenvalue weighted by Gasteiger charge is -2.13. The average Bonchev–Trinajstić information content (AvgIpc) is 2.69. The van der Waals surface area contributed by atoms with Gasteiger partial charge in [0.25, 0.3) is 20.2 Å². The van der Waals surface area contributed by atoms with Crippen LogP contribution < -0.4 is 16.0 Å². The van der Waals surface area contributed by atoms with Gasteiger partial charge in [0.2, 0.25) is 17.8 Å². The molecule has 0 saturated carbocycles. The van der Waals surface area contributed by atoms with E-state index in [1.54, 1.807) is 0 Å². The van der Waals surface area contributed by atoms with E-state index < -0.39 is 30.7 Å². The van der Waals surface area contributed by atoms with Gasteiger partial charge in [-0.2, -0.15) is 31.8 Å². The first-order valence-electron chi connectivity index (χ1n) is 9.80. The van der Waals surface area contributed by atoms with E-state index in [1.165, 1.54) is 21.0 Å². The number of anilines is 3. The molecule has 1 aromatic rings. The molecule has 0 bridgehead atoms. The Labute approximate surface area is 187 Å². The Kier molecular flexibility index (Phi) is 11.0. The molecule has 0 aliphatic heterocycles. The number of ether oxygens (including phenoxy) is 1. The molecule has 2 atom stereocenters. The quantitative estimate of drug-likeness (QED) is 0.126. The van der Waals surface area contributed by atoms with Gasteiger partial charge >= 0.3 is 5.97 Å². The Morgan fingerprint density at radius 2 is 1.22 bits per heavy atom. The topological polar surface area (TPSA) is 210 Å². The van der Waals surface area contributed by atoms with Crippen LogP contribution in [-0.2, 0) is 29.8 Å². The SMILES string of the molecule is COC(=O)CCCNc1nc(NCCC(C)S(=O)(=O)O)nc(NCCC(C)S(=O)(=O)O)n1. The summed E-state index contributed by atoms with van der Waals surface area (Å²) in [6, 6.07) is 0. The molecule has 16 heteroatoms. The molecule has 1 rings (SSSR count). The van der Waals surface area contributed by atoms with Crippen molar-refractivity contribution in [3.63, 3.8) is 0 Å². The van der Waals surface area contributed by atoms with Crippen molar-refractivity contribution >= 4 is 44.1 Å². The molecule has 5 N–H and O–H groups in total. The van der Waals surface area contributed by atoms with Crippen LogP contribution in [0.5, 0.6) is 0 Å². The second kappa shape index (κ2) is 12.7. The van der Waals surface area contributed by atoms with E-state index in [2.05, 4.69) is 35.6 Å². The zero-order valence-corrected chi connectivity index (χ0v) is 19.7. The molecule has 0 saturated heterocycles. The second-order valence-electron chi connectivity index (χ2n) is 6.99. The molecule has 0 aromatic carbocycles. The minimum Gasteiger partial charge on any atom is -0.469 e. The van der Waals surface area contributed by atoms with Crippen LogP contribution in [0.15, 0.2) is 0 Å². The molecule has 0 aliphatic carbocycles. The average molecular weight is 499 g/mol. The molecule has 0 fully saturated rings. The number of nitrogens with zero attached hydrogens (tertiary/aromatic N) is 3. The van der Waals surface area contributed by atoms with Gasteiger partial charge in [-0.05, 0) is 33.1 Å². The lowest BCUT2D eigenvalue weighted by Crippen LogP contribution is -2.22. The number of rotatable bonds is 15. The highest BCUT2D eigenvalue weighted by Crippen LogP contribution is 2.12. The van der Waals surface area contributed by atoms with Crippen molar-refractivity contribution < 1.29 is 35.5 Å². The summed E-state index contributed by atoms with van der Waals surface area (Å²) in [6.45, 7) is 3.37. The fourth-order valence-electron chi connectivity index (χ4n) is 2.22. The molecule has 1 aromatic heterocycles. The summed E-state index contributed by atoms with van der Waals surface area (Å²) >= 11 is 0. The molecule has 184 valence electrons. The van der Waals surface area contributed by atoms with E-state index >= 15 is 0 Å². The molecule has 32 heavy (non-hydrogen) atoms. The molecular formula is C16H30N6O8S2.